The number of unbranched alkanes of at least 4 members (excludes halogenated alkanes) is 2. The number of aryl methyl sites for hydroxylation is 2. The predicted molar refractivity (Wildman–Crippen MR) is 95.7 cm³/mol. The van der Waals surface area contributed by atoms with Crippen LogP contribution in [0, 0.1) is 6.92 Å². The van der Waals surface area contributed by atoms with Gasteiger partial charge in [-0.1, -0.05) is 55.2 Å². The number of hydrogen-bond acceptors (Lipinski definition) is 2. The molecule has 1 aliphatic rings. The lowest BCUT2D eigenvalue weighted by molar-refractivity contribution is -0.137. The monoisotopic (exact) mass is 315 g/mol. The van der Waals surface area contributed by atoms with Crippen LogP contribution >= 0.6 is 0 Å². The maximum absolute atomic E-state index is 10.9. The molecule has 0 bridgehead atoms. The Bertz CT molecular complexity index is 563. The molecule has 1 aliphatic carbocycles. The summed E-state index contributed by atoms with van der Waals surface area (Å²) in [4.78, 5) is 13.2. The maximum atomic E-state index is 10.9. The van der Waals surface area contributed by atoms with Crippen LogP contribution in [0.3, 0.4) is 0 Å². The van der Waals surface area contributed by atoms with Gasteiger partial charge in [0, 0.05) is 13.1 Å². The van der Waals surface area contributed by atoms with Crippen LogP contribution in [0.5, 0.6) is 0 Å². The van der Waals surface area contributed by atoms with E-state index in [0.29, 0.717) is 6.54 Å². The van der Waals surface area contributed by atoms with Crippen molar-refractivity contribution in [3.05, 3.63) is 40.5 Å². The van der Waals surface area contributed by atoms with Gasteiger partial charge in [-0.15, -0.1) is 0 Å². The molecule has 23 heavy (non-hydrogen) atoms. The largest absolute Gasteiger partial charge is 0.481 e. The summed E-state index contributed by atoms with van der Waals surface area (Å²) in [7, 11) is 0. The molecule has 3 heteroatoms. The first-order valence-electron chi connectivity index (χ1n) is 8.81. The van der Waals surface area contributed by atoms with E-state index in [1.54, 1.807) is 0 Å². The Kier molecular flexibility index (Phi) is 6.85. The minimum atomic E-state index is -0.705. The lowest BCUT2D eigenvalue weighted by atomic mass is 9.91. The second-order valence-corrected chi connectivity index (χ2v) is 6.63. The van der Waals surface area contributed by atoms with Gasteiger partial charge >= 0.3 is 5.97 Å². The van der Waals surface area contributed by atoms with Gasteiger partial charge in [0.05, 0.1) is 6.42 Å². The first-order chi connectivity index (χ1) is 11.1. The van der Waals surface area contributed by atoms with E-state index < -0.39 is 5.97 Å². The fourth-order valence-corrected chi connectivity index (χ4v) is 3.20. The van der Waals surface area contributed by atoms with Crippen molar-refractivity contribution in [2.75, 3.05) is 19.6 Å². The molecule has 0 aromatic heterocycles. The molecule has 0 unspecified atom stereocenters. The van der Waals surface area contributed by atoms with Crippen LogP contribution in [0.1, 0.15) is 55.7 Å². The van der Waals surface area contributed by atoms with Crippen LogP contribution in [0.15, 0.2) is 23.8 Å². The van der Waals surface area contributed by atoms with Crippen molar-refractivity contribution in [1.29, 1.82) is 0 Å². The van der Waals surface area contributed by atoms with E-state index in [1.165, 1.54) is 35.1 Å². The van der Waals surface area contributed by atoms with Crippen molar-refractivity contribution < 1.29 is 9.90 Å². The van der Waals surface area contributed by atoms with Crippen molar-refractivity contribution in [1.82, 2.24) is 4.90 Å². The number of carbonyl (C=O) groups is 1. The van der Waals surface area contributed by atoms with Gasteiger partial charge in [-0.25, -0.2) is 0 Å². The fraction of sp³-hybridized carbons (Fsp3) is 0.550. The van der Waals surface area contributed by atoms with Gasteiger partial charge in [0.25, 0.3) is 0 Å². The lowest BCUT2D eigenvalue weighted by Crippen LogP contribution is -2.30. The zero-order chi connectivity index (χ0) is 16.7. The van der Waals surface area contributed by atoms with Gasteiger partial charge in [-0.05, 0) is 43.9 Å². The number of hydrogen-bond donors (Lipinski definition) is 1. The minimum absolute atomic E-state index is 0.231. The summed E-state index contributed by atoms with van der Waals surface area (Å²) in [5, 5.41) is 8.95. The average Bonchev–Trinajstić information content (AvgIpc) is 2.52. The standard InChI is InChI=1S/C20H29NO2/c1-3-4-5-11-21(12-10-20(22)23)15-17-7-9-18-13-16(2)6-8-19(18)14-17/h6,8,13-14H,3-5,7,9-12,15H2,1-2H3,(H,22,23). The van der Waals surface area contributed by atoms with E-state index in [2.05, 4.69) is 43.0 Å². The molecule has 1 aromatic rings. The predicted octanol–water partition coefficient (Wildman–Crippen LogP) is 4.29. The van der Waals surface area contributed by atoms with Crippen LogP contribution in [0.25, 0.3) is 6.08 Å². The maximum Gasteiger partial charge on any atom is 0.304 e. The summed E-state index contributed by atoms with van der Waals surface area (Å²) in [5.41, 5.74) is 5.53. The number of benzene rings is 1. The van der Waals surface area contributed by atoms with Crippen molar-refractivity contribution in [2.24, 2.45) is 0 Å². The quantitative estimate of drug-likeness (QED) is 0.691. The molecule has 0 amide bonds. The Balaban J connectivity index is 2.00. The first-order valence-corrected chi connectivity index (χ1v) is 8.81. The Hall–Kier alpha value is -1.61. The second kappa shape index (κ2) is 8.88. The molecule has 0 radical (unpaired) electrons. The van der Waals surface area contributed by atoms with E-state index in [1.807, 2.05) is 0 Å². The SMILES string of the molecule is CCCCCN(CCC(=O)O)CC1=Cc2ccc(C)cc2CC1. The van der Waals surface area contributed by atoms with Crippen LogP contribution in [0.4, 0.5) is 0 Å². The molecule has 1 aromatic carbocycles. The van der Waals surface area contributed by atoms with Crippen LogP contribution in [-0.2, 0) is 11.2 Å². The van der Waals surface area contributed by atoms with Crippen molar-refractivity contribution in [3.8, 4) is 0 Å². The number of rotatable bonds is 9. The van der Waals surface area contributed by atoms with E-state index in [0.717, 1.165) is 32.4 Å². The molecule has 0 spiro atoms. The van der Waals surface area contributed by atoms with E-state index in [-0.39, 0.29) is 6.42 Å². The summed E-state index contributed by atoms with van der Waals surface area (Å²) in [6.45, 7) is 6.89. The molecule has 0 aliphatic heterocycles. The van der Waals surface area contributed by atoms with Crippen molar-refractivity contribution >= 4 is 12.0 Å². The van der Waals surface area contributed by atoms with E-state index in [9.17, 15) is 4.79 Å². The lowest BCUT2D eigenvalue weighted by Gasteiger charge is -2.25. The molecule has 3 nitrogen and oxygen atoms in total. The zero-order valence-corrected chi connectivity index (χ0v) is 14.5. The minimum Gasteiger partial charge on any atom is -0.481 e. The molecule has 0 saturated heterocycles. The fourth-order valence-electron chi connectivity index (χ4n) is 3.20. The third kappa shape index (κ3) is 5.83. The molecule has 1 N–H and O–H groups in total. The van der Waals surface area contributed by atoms with Gasteiger partial charge in [-0.3, -0.25) is 9.69 Å². The topological polar surface area (TPSA) is 40.5 Å². The smallest absolute Gasteiger partial charge is 0.304 e. The Morgan fingerprint density at radius 3 is 2.78 bits per heavy atom. The van der Waals surface area contributed by atoms with Gasteiger partial charge in [0.2, 0.25) is 0 Å². The highest BCUT2D eigenvalue weighted by atomic mass is 16.4. The average molecular weight is 315 g/mol. The third-order valence-corrected chi connectivity index (χ3v) is 4.52. The number of aliphatic carboxylic acids is 1. The third-order valence-electron chi connectivity index (χ3n) is 4.52. The Labute approximate surface area is 140 Å². The number of fused-ring (bicyclic) bond motifs is 1. The highest BCUT2D eigenvalue weighted by Crippen LogP contribution is 2.25. The highest BCUT2D eigenvalue weighted by molar-refractivity contribution is 5.67. The molecular weight excluding hydrogens is 286 g/mol. The Morgan fingerprint density at radius 1 is 1.22 bits per heavy atom. The molecule has 0 atom stereocenters. The number of nitrogens with zero attached hydrogens (tertiary/aromatic N) is 1. The normalized spacial score (nSPS) is 13.8. The van der Waals surface area contributed by atoms with Crippen molar-refractivity contribution in [2.45, 2.75) is 52.4 Å². The number of carboxylic acids is 1. The van der Waals surface area contributed by atoms with E-state index in [4.69, 9.17) is 5.11 Å². The summed E-state index contributed by atoms with van der Waals surface area (Å²) in [6.07, 6.45) is 8.30. The summed E-state index contributed by atoms with van der Waals surface area (Å²) in [6, 6.07) is 6.66. The Morgan fingerprint density at radius 2 is 2.04 bits per heavy atom. The number of carboxylic acid groups (broad SMARTS) is 1. The van der Waals surface area contributed by atoms with Gasteiger partial charge in [-0.2, -0.15) is 0 Å². The van der Waals surface area contributed by atoms with Gasteiger partial charge in [0.1, 0.15) is 0 Å². The summed E-state index contributed by atoms with van der Waals surface area (Å²) in [5.74, 6) is -0.705. The molecule has 0 heterocycles. The molecular formula is C20H29NO2. The molecule has 126 valence electrons. The van der Waals surface area contributed by atoms with Crippen LogP contribution < -0.4 is 0 Å². The van der Waals surface area contributed by atoms with E-state index >= 15 is 0 Å². The van der Waals surface area contributed by atoms with Crippen molar-refractivity contribution in [3.63, 3.8) is 0 Å². The second-order valence-electron chi connectivity index (χ2n) is 6.63. The molecule has 2 rings (SSSR count). The highest BCUT2D eigenvalue weighted by Gasteiger charge is 2.14. The summed E-state index contributed by atoms with van der Waals surface area (Å²) < 4.78 is 0. The van der Waals surface area contributed by atoms with Gasteiger partial charge < -0.3 is 5.11 Å². The van der Waals surface area contributed by atoms with Crippen LogP contribution in [0.2, 0.25) is 0 Å². The summed E-state index contributed by atoms with van der Waals surface area (Å²) >= 11 is 0. The molecule has 0 fully saturated rings. The van der Waals surface area contributed by atoms with Gasteiger partial charge in [0.15, 0.2) is 0 Å². The molecule has 0 saturated carbocycles. The zero-order valence-electron chi connectivity index (χ0n) is 14.5. The first kappa shape index (κ1) is 17.7. The van der Waals surface area contributed by atoms with Crippen LogP contribution in [-0.4, -0.2) is 35.6 Å².